The van der Waals surface area contributed by atoms with Crippen LogP contribution in [0.4, 0.5) is 0 Å². The van der Waals surface area contributed by atoms with Crippen molar-refractivity contribution in [2.24, 2.45) is 0 Å². The summed E-state index contributed by atoms with van der Waals surface area (Å²) in [7, 11) is 0. The second-order valence-electron chi connectivity index (χ2n) is 4.70. The minimum atomic E-state index is 0.274. The first-order valence-electron chi connectivity index (χ1n) is 6.56. The van der Waals surface area contributed by atoms with Gasteiger partial charge in [-0.15, -0.1) is 0 Å². The van der Waals surface area contributed by atoms with Gasteiger partial charge in [-0.2, -0.15) is 0 Å². The van der Waals surface area contributed by atoms with E-state index in [0.717, 1.165) is 25.0 Å². The molecule has 0 bridgehead atoms. The Bertz CT molecular complexity index is 341. The standard InChI is InChI=1S/C15H20O2/c16-15(13-8-4-3-5-9-13)11-7-2-1-6-10-14-12-17-14/h3-5,8-9,14H,1-2,6-7,10-12H2. The van der Waals surface area contributed by atoms with Crippen LogP contribution < -0.4 is 0 Å². The summed E-state index contributed by atoms with van der Waals surface area (Å²) in [6.45, 7) is 0.965. The van der Waals surface area contributed by atoms with Crippen LogP contribution in [0.1, 0.15) is 48.9 Å². The van der Waals surface area contributed by atoms with E-state index in [1.807, 2.05) is 30.3 Å². The number of hydrogen-bond acceptors (Lipinski definition) is 2. The van der Waals surface area contributed by atoms with E-state index in [4.69, 9.17) is 4.74 Å². The molecule has 1 saturated heterocycles. The molecule has 1 heterocycles. The summed E-state index contributed by atoms with van der Waals surface area (Å²) in [5.41, 5.74) is 0.846. The van der Waals surface area contributed by atoms with Gasteiger partial charge in [0.25, 0.3) is 0 Å². The van der Waals surface area contributed by atoms with Crippen LogP contribution >= 0.6 is 0 Å². The number of ether oxygens (including phenoxy) is 1. The summed E-state index contributed by atoms with van der Waals surface area (Å²) in [6.07, 6.45) is 7.08. The van der Waals surface area contributed by atoms with Crippen LogP contribution in [0.25, 0.3) is 0 Å². The molecule has 0 aromatic heterocycles. The van der Waals surface area contributed by atoms with Crippen molar-refractivity contribution < 1.29 is 9.53 Å². The quantitative estimate of drug-likeness (QED) is 0.389. The molecule has 1 aliphatic heterocycles. The Kier molecular flexibility index (Phi) is 4.75. The summed E-state index contributed by atoms with van der Waals surface area (Å²) in [6, 6.07) is 9.57. The highest BCUT2D eigenvalue weighted by Crippen LogP contribution is 2.18. The first kappa shape index (κ1) is 12.3. The fourth-order valence-electron chi connectivity index (χ4n) is 2.01. The zero-order chi connectivity index (χ0) is 11.9. The van der Waals surface area contributed by atoms with E-state index in [-0.39, 0.29) is 5.78 Å². The summed E-state index contributed by atoms with van der Waals surface area (Å²) in [4.78, 5) is 11.8. The third-order valence-electron chi connectivity index (χ3n) is 3.18. The van der Waals surface area contributed by atoms with Crippen LogP contribution in [-0.4, -0.2) is 18.5 Å². The van der Waals surface area contributed by atoms with Gasteiger partial charge in [-0.3, -0.25) is 4.79 Å². The Labute approximate surface area is 103 Å². The largest absolute Gasteiger partial charge is 0.373 e. The van der Waals surface area contributed by atoms with Gasteiger partial charge >= 0.3 is 0 Å². The maximum Gasteiger partial charge on any atom is 0.162 e. The van der Waals surface area contributed by atoms with E-state index in [2.05, 4.69) is 0 Å². The predicted octanol–water partition coefficient (Wildman–Crippen LogP) is 3.61. The molecular weight excluding hydrogens is 212 g/mol. The second-order valence-corrected chi connectivity index (χ2v) is 4.70. The number of carbonyl (C=O) groups excluding carboxylic acids is 1. The average Bonchev–Trinajstić information content (AvgIpc) is 3.18. The van der Waals surface area contributed by atoms with Crippen molar-refractivity contribution >= 4 is 5.78 Å². The molecule has 2 nitrogen and oxygen atoms in total. The topological polar surface area (TPSA) is 29.6 Å². The van der Waals surface area contributed by atoms with Crippen LogP contribution in [-0.2, 0) is 4.74 Å². The molecule has 17 heavy (non-hydrogen) atoms. The molecule has 1 aromatic rings. The molecule has 2 rings (SSSR count). The Morgan fingerprint density at radius 2 is 1.82 bits per heavy atom. The molecule has 2 heteroatoms. The molecule has 1 aromatic carbocycles. The van der Waals surface area contributed by atoms with Crippen molar-refractivity contribution in [2.45, 2.75) is 44.6 Å². The fourth-order valence-corrected chi connectivity index (χ4v) is 2.01. The summed E-state index contributed by atoms with van der Waals surface area (Å²) >= 11 is 0. The number of benzene rings is 1. The third kappa shape index (κ3) is 4.70. The number of rotatable bonds is 8. The first-order chi connectivity index (χ1) is 8.36. The lowest BCUT2D eigenvalue weighted by molar-refractivity contribution is 0.0979. The number of epoxide rings is 1. The molecule has 0 N–H and O–H groups in total. The van der Waals surface area contributed by atoms with Crippen LogP contribution in [0.5, 0.6) is 0 Å². The SMILES string of the molecule is O=C(CCCCCCC1CO1)c1ccccc1. The number of unbranched alkanes of at least 4 members (excludes halogenated alkanes) is 3. The lowest BCUT2D eigenvalue weighted by atomic mass is 10.0. The number of hydrogen-bond donors (Lipinski definition) is 0. The van der Waals surface area contributed by atoms with Gasteiger partial charge in [0.1, 0.15) is 0 Å². The highest BCUT2D eigenvalue weighted by Gasteiger charge is 2.20. The highest BCUT2D eigenvalue weighted by atomic mass is 16.6. The molecule has 0 amide bonds. The van der Waals surface area contributed by atoms with Crippen molar-refractivity contribution in [1.82, 2.24) is 0 Å². The van der Waals surface area contributed by atoms with Crippen LogP contribution in [0, 0.1) is 0 Å². The van der Waals surface area contributed by atoms with Gasteiger partial charge in [0, 0.05) is 12.0 Å². The maximum atomic E-state index is 11.8. The van der Waals surface area contributed by atoms with E-state index >= 15 is 0 Å². The minimum Gasteiger partial charge on any atom is -0.373 e. The molecule has 1 unspecified atom stereocenters. The van der Waals surface area contributed by atoms with Gasteiger partial charge in [0.2, 0.25) is 0 Å². The number of Topliss-reactive ketones (excluding diaryl/α,β-unsaturated/α-hetero) is 1. The predicted molar refractivity (Wildman–Crippen MR) is 68.2 cm³/mol. The van der Waals surface area contributed by atoms with E-state index in [1.54, 1.807) is 0 Å². The van der Waals surface area contributed by atoms with E-state index in [1.165, 1.54) is 19.3 Å². The molecule has 0 saturated carbocycles. The highest BCUT2D eigenvalue weighted by molar-refractivity contribution is 5.95. The first-order valence-corrected chi connectivity index (χ1v) is 6.56. The zero-order valence-corrected chi connectivity index (χ0v) is 10.2. The van der Waals surface area contributed by atoms with Crippen molar-refractivity contribution in [3.05, 3.63) is 35.9 Å². The molecule has 92 valence electrons. The van der Waals surface area contributed by atoms with Crippen LogP contribution in [0.15, 0.2) is 30.3 Å². The van der Waals surface area contributed by atoms with E-state index in [9.17, 15) is 4.79 Å². The van der Waals surface area contributed by atoms with Gasteiger partial charge in [-0.05, 0) is 12.8 Å². The Hall–Kier alpha value is -1.15. The summed E-state index contributed by atoms with van der Waals surface area (Å²) in [5, 5.41) is 0. The van der Waals surface area contributed by atoms with E-state index in [0.29, 0.717) is 12.5 Å². The Morgan fingerprint density at radius 3 is 2.53 bits per heavy atom. The molecule has 1 aliphatic rings. The second kappa shape index (κ2) is 6.55. The molecule has 0 spiro atoms. The maximum absolute atomic E-state index is 11.8. The minimum absolute atomic E-state index is 0.274. The lowest BCUT2D eigenvalue weighted by Gasteiger charge is -2.01. The molecule has 1 fully saturated rings. The van der Waals surface area contributed by atoms with E-state index < -0.39 is 0 Å². The van der Waals surface area contributed by atoms with Gasteiger partial charge in [-0.1, -0.05) is 49.6 Å². The monoisotopic (exact) mass is 232 g/mol. The Balaban J connectivity index is 1.53. The normalized spacial score (nSPS) is 18.0. The number of carbonyl (C=O) groups is 1. The number of ketones is 1. The lowest BCUT2D eigenvalue weighted by Crippen LogP contribution is -1.98. The zero-order valence-electron chi connectivity index (χ0n) is 10.2. The van der Waals surface area contributed by atoms with Gasteiger partial charge in [0.15, 0.2) is 5.78 Å². The van der Waals surface area contributed by atoms with Crippen molar-refractivity contribution in [1.29, 1.82) is 0 Å². The van der Waals surface area contributed by atoms with Gasteiger partial charge in [0.05, 0.1) is 12.7 Å². The summed E-state index contributed by atoms with van der Waals surface area (Å²) in [5.74, 6) is 0.274. The van der Waals surface area contributed by atoms with Crippen LogP contribution in [0.3, 0.4) is 0 Å². The molecule has 0 radical (unpaired) electrons. The van der Waals surface area contributed by atoms with Gasteiger partial charge < -0.3 is 4.74 Å². The molecule has 0 aliphatic carbocycles. The average molecular weight is 232 g/mol. The third-order valence-corrected chi connectivity index (χ3v) is 3.18. The summed E-state index contributed by atoms with van der Waals surface area (Å²) < 4.78 is 5.16. The van der Waals surface area contributed by atoms with Crippen molar-refractivity contribution in [2.75, 3.05) is 6.61 Å². The van der Waals surface area contributed by atoms with Crippen LogP contribution in [0.2, 0.25) is 0 Å². The fraction of sp³-hybridized carbons (Fsp3) is 0.533. The molecular formula is C15H20O2. The van der Waals surface area contributed by atoms with Crippen molar-refractivity contribution in [3.8, 4) is 0 Å². The van der Waals surface area contributed by atoms with Gasteiger partial charge in [-0.25, -0.2) is 0 Å². The Morgan fingerprint density at radius 1 is 1.12 bits per heavy atom. The molecule has 1 atom stereocenters. The van der Waals surface area contributed by atoms with Crippen molar-refractivity contribution in [3.63, 3.8) is 0 Å². The smallest absolute Gasteiger partial charge is 0.162 e.